The third-order valence-electron chi connectivity index (χ3n) is 6.02. The molecule has 0 fully saturated rings. The van der Waals surface area contributed by atoms with Gasteiger partial charge in [0.25, 0.3) is 0 Å². The first-order valence-electron chi connectivity index (χ1n) is 10.3. The molecule has 1 aliphatic heterocycles. The van der Waals surface area contributed by atoms with Crippen LogP contribution < -0.4 is 5.32 Å². The first-order valence-corrected chi connectivity index (χ1v) is 10.7. The van der Waals surface area contributed by atoms with Crippen LogP contribution in [0, 0.1) is 12.3 Å². The number of allylic oxidation sites excluding steroid dienone is 2. The van der Waals surface area contributed by atoms with Crippen LogP contribution in [-0.4, -0.2) is 15.6 Å². The lowest BCUT2D eigenvalue weighted by Crippen LogP contribution is -2.36. The Labute approximate surface area is 181 Å². The molecule has 1 aliphatic carbocycles. The Morgan fingerprint density at radius 2 is 1.87 bits per heavy atom. The molecule has 0 radical (unpaired) electrons. The van der Waals surface area contributed by atoms with Crippen molar-refractivity contribution in [2.45, 2.75) is 39.7 Å². The summed E-state index contributed by atoms with van der Waals surface area (Å²) in [7, 11) is 0. The topological polar surface area (TPSA) is 46.9 Å². The zero-order chi connectivity index (χ0) is 21.0. The summed E-state index contributed by atoms with van der Waals surface area (Å²) in [4.78, 5) is 13.3. The van der Waals surface area contributed by atoms with Crippen molar-refractivity contribution in [2.75, 3.05) is 5.32 Å². The van der Waals surface area contributed by atoms with Crippen LogP contribution in [0.1, 0.15) is 44.0 Å². The van der Waals surface area contributed by atoms with Crippen LogP contribution in [0.2, 0.25) is 5.02 Å². The highest BCUT2D eigenvalue weighted by molar-refractivity contribution is 6.30. The van der Waals surface area contributed by atoms with Gasteiger partial charge in [0, 0.05) is 28.3 Å². The first kappa shape index (κ1) is 19.1. The quantitative estimate of drug-likeness (QED) is 0.542. The number of nitrogens with one attached hydrogen (secondary N) is 1. The number of aromatic nitrogens is 2. The third kappa shape index (κ3) is 3.07. The minimum absolute atomic E-state index is 0.0774. The molecule has 0 spiro atoms. The van der Waals surface area contributed by atoms with Crippen molar-refractivity contribution in [3.8, 4) is 11.1 Å². The maximum atomic E-state index is 13.3. The van der Waals surface area contributed by atoms with Gasteiger partial charge in [0.15, 0.2) is 5.78 Å². The number of aryl methyl sites for hydroxylation is 1. The van der Waals surface area contributed by atoms with Crippen molar-refractivity contribution >= 4 is 23.2 Å². The largest absolute Gasteiger partial charge is 0.343 e. The lowest BCUT2D eigenvalue weighted by atomic mass is 9.73. The number of hydrogen-bond acceptors (Lipinski definition) is 3. The Bertz CT molecular complexity index is 1190. The molecule has 1 N–H and O–H groups in total. The number of nitrogens with zero attached hydrogens (tertiary/aromatic N) is 2. The Hall–Kier alpha value is -2.85. The molecule has 0 saturated heterocycles. The molecule has 5 heteroatoms. The molecule has 2 aliphatic rings. The highest BCUT2D eigenvalue weighted by Gasteiger charge is 2.42. The zero-order valence-electron chi connectivity index (χ0n) is 17.4. The molecule has 2 aromatic carbocycles. The van der Waals surface area contributed by atoms with Crippen LogP contribution in [0.3, 0.4) is 0 Å². The molecule has 152 valence electrons. The van der Waals surface area contributed by atoms with Gasteiger partial charge in [-0.15, -0.1) is 0 Å². The van der Waals surface area contributed by atoms with E-state index in [1.807, 2.05) is 54.1 Å². The number of Topliss-reactive ketones (excluding diaryl/α,β-unsaturated/α-hetero) is 1. The normalized spacial score (nSPS) is 19.9. The molecule has 0 unspecified atom stereocenters. The number of halogens is 1. The van der Waals surface area contributed by atoms with Gasteiger partial charge >= 0.3 is 0 Å². The number of rotatable bonds is 2. The summed E-state index contributed by atoms with van der Waals surface area (Å²) in [6.07, 6.45) is 1.36. The highest BCUT2D eigenvalue weighted by atomic mass is 35.5. The second kappa shape index (κ2) is 6.85. The van der Waals surface area contributed by atoms with Gasteiger partial charge < -0.3 is 5.32 Å². The lowest BCUT2D eigenvalue weighted by Gasteiger charge is -2.39. The molecular weight excluding hydrogens is 394 g/mol. The summed E-state index contributed by atoms with van der Waals surface area (Å²) in [5.41, 5.74) is 5.84. The molecule has 2 heterocycles. The van der Waals surface area contributed by atoms with Gasteiger partial charge in [0.2, 0.25) is 0 Å². The Morgan fingerprint density at radius 3 is 2.60 bits per heavy atom. The monoisotopic (exact) mass is 417 g/mol. The SMILES string of the molecule is Cc1nn2c(c1-c1ccccc1)NC1=C(C(=O)CC(C)(C)C1)[C@@H]2c1cccc(Cl)c1. The maximum Gasteiger partial charge on any atom is 0.163 e. The van der Waals surface area contributed by atoms with Gasteiger partial charge in [-0.05, 0) is 42.0 Å². The fourth-order valence-electron chi connectivity index (χ4n) is 4.82. The Morgan fingerprint density at radius 1 is 1.10 bits per heavy atom. The molecule has 30 heavy (non-hydrogen) atoms. The molecule has 0 bridgehead atoms. The lowest BCUT2D eigenvalue weighted by molar-refractivity contribution is -0.118. The van der Waals surface area contributed by atoms with Crippen molar-refractivity contribution in [1.82, 2.24) is 9.78 Å². The zero-order valence-corrected chi connectivity index (χ0v) is 18.1. The number of ketones is 1. The van der Waals surface area contributed by atoms with E-state index in [9.17, 15) is 4.79 Å². The molecule has 1 atom stereocenters. The van der Waals surface area contributed by atoms with Gasteiger partial charge in [-0.3, -0.25) is 4.79 Å². The van der Waals surface area contributed by atoms with Crippen molar-refractivity contribution < 1.29 is 4.79 Å². The standard InChI is InChI=1S/C25H24ClN3O/c1-15-21(16-8-5-4-6-9-16)24-27-19-13-25(2,3)14-20(30)22(19)23(29(24)28-15)17-10-7-11-18(26)12-17/h4-12,23,27H,13-14H2,1-3H3/t23-/m0/s1. The number of carbonyl (C=O) groups is 1. The number of fused-ring (bicyclic) bond motifs is 1. The minimum Gasteiger partial charge on any atom is -0.343 e. The first-order chi connectivity index (χ1) is 14.3. The van der Waals surface area contributed by atoms with Gasteiger partial charge in [-0.1, -0.05) is 67.9 Å². The van der Waals surface area contributed by atoms with E-state index in [1.165, 1.54) is 0 Å². The van der Waals surface area contributed by atoms with E-state index in [1.54, 1.807) is 0 Å². The Balaban J connectivity index is 1.76. The number of carbonyl (C=O) groups excluding carboxylic acids is 1. The summed E-state index contributed by atoms with van der Waals surface area (Å²) < 4.78 is 1.97. The highest BCUT2D eigenvalue weighted by Crippen LogP contribution is 2.48. The molecular formula is C25H24ClN3O. The van der Waals surface area contributed by atoms with E-state index < -0.39 is 0 Å². The van der Waals surface area contributed by atoms with Gasteiger partial charge in [0.05, 0.1) is 5.69 Å². The summed E-state index contributed by atoms with van der Waals surface area (Å²) >= 11 is 6.33. The fraction of sp³-hybridized carbons (Fsp3) is 0.280. The number of benzene rings is 2. The second-order valence-corrected chi connectivity index (χ2v) is 9.47. The van der Waals surface area contributed by atoms with Gasteiger partial charge in [-0.2, -0.15) is 5.10 Å². The van der Waals surface area contributed by atoms with Crippen LogP contribution in [0.5, 0.6) is 0 Å². The molecule has 0 amide bonds. The minimum atomic E-state index is -0.283. The van der Waals surface area contributed by atoms with Crippen LogP contribution in [0.4, 0.5) is 5.82 Å². The summed E-state index contributed by atoms with van der Waals surface area (Å²) in [6.45, 7) is 6.33. The fourth-order valence-corrected chi connectivity index (χ4v) is 5.02. The molecule has 1 aromatic heterocycles. The van der Waals surface area contributed by atoms with Gasteiger partial charge in [-0.25, -0.2) is 4.68 Å². The summed E-state index contributed by atoms with van der Waals surface area (Å²) in [6, 6.07) is 17.8. The van der Waals surface area contributed by atoms with E-state index in [-0.39, 0.29) is 17.2 Å². The second-order valence-electron chi connectivity index (χ2n) is 9.04. The number of anilines is 1. The summed E-state index contributed by atoms with van der Waals surface area (Å²) in [5, 5.41) is 9.17. The predicted octanol–water partition coefficient (Wildman–Crippen LogP) is 6.17. The van der Waals surface area contributed by atoms with E-state index in [0.29, 0.717) is 11.4 Å². The number of hydrogen-bond donors (Lipinski definition) is 1. The molecule has 4 nitrogen and oxygen atoms in total. The van der Waals surface area contributed by atoms with Crippen molar-refractivity contribution in [3.63, 3.8) is 0 Å². The van der Waals surface area contributed by atoms with E-state index in [0.717, 1.165) is 45.9 Å². The van der Waals surface area contributed by atoms with E-state index in [4.69, 9.17) is 16.7 Å². The molecule has 5 rings (SSSR count). The maximum absolute atomic E-state index is 13.3. The van der Waals surface area contributed by atoms with E-state index in [2.05, 4.69) is 31.3 Å². The Kier molecular flexibility index (Phi) is 4.37. The predicted molar refractivity (Wildman–Crippen MR) is 121 cm³/mol. The smallest absolute Gasteiger partial charge is 0.163 e. The van der Waals surface area contributed by atoms with Gasteiger partial charge in [0.1, 0.15) is 11.9 Å². The average molecular weight is 418 g/mol. The third-order valence-corrected chi connectivity index (χ3v) is 6.25. The van der Waals surface area contributed by atoms with Crippen molar-refractivity contribution in [1.29, 1.82) is 0 Å². The molecule has 3 aromatic rings. The summed E-state index contributed by atoms with van der Waals surface area (Å²) in [5.74, 6) is 1.12. The van der Waals surface area contributed by atoms with Crippen LogP contribution in [0.15, 0.2) is 65.9 Å². The van der Waals surface area contributed by atoms with Crippen LogP contribution in [-0.2, 0) is 4.79 Å². The average Bonchev–Trinajstić information content (AvgIpc) is 3.01. The molecule has 0 saturated carbocycles. The van der Waals surface area contributed by atoms with Crippen molar-refractivity contribution in [3.05, 3.63) is 82.1 Å². The van der Waals surface area contributed by atoms with E-state index >= 15 is 0 Å². The van der Waals surface area contributed by atoms with Crippen LogP contribution in [0.25, 0.3) is 11.1 Å². The van der Waals surface area contributed by atoms with Crippen LogP contribution >= 0.6 is 11.6 Å². The van der Waals surface area contributed by atoms with Crippen molar-refractivity contribution in [2.24, 2.45) is 5.41 Å².